The quantitative estimate of drug-likeness (QED) is 0.393. The topological polar surface area (TPSA) is 96.4 Å². The first-order chi connectivity index (χ1) is 5.65. The molecule has 0 saturated heterocycles. The highest BCUT2D eigenvalue weighted by atomic mass is 16.6. The van der Waals surface area contributed by atoms with Gasteiger partial charge in [0.15, 0.2) is 0 Å². The number of allylic oxidation sites excluding steroid dienone is 1. The second kappa shape index (κ2) is 2.92. The van der Waals surface area contributed by atoms with Crippen LogP contribution in [0.4, 0.5) is 0 Å². The zero-order valence-electron chi connectivity index (χ0n) is 5.80. The number of hydrogen-bond donors (Lipinski definition) is 0. The van der Waals surface area contributed by atoms with E-state index in [1.807, 2.05) is 0 Å². The summed E-state index contributed by atoms with van der Waals surface area (Å²) in [6.07, 6.45) is 2.00. The SMILES string of the molecule is N#CC1=CC([N+](=O)[O-])C(=O)N=C1. The number of rotatable bonds is 1. The molecule has 1 amide bonds. The summed E-state index contributed by atoms with van der Waals surface area (Å²) in [5.74, 6) is -0.848. The number of aliphatic imine (C=N–C) groups is 1. The van der Waals surface area contributed by atoms with Crippen molar-refractivity contribution in [3.8, 4) is 6.07 Å². The van der Waals surface area contributed by atoms with E-state index in [9.17, 15) is 14.9 Å². The predicted molar refractivity (Wildman–Crippen MR) is 38.0 cm³/mol. The molecule has 1 aliphatic rings. The highest BCUT2D eigenvalue weighted by molar-refractivity contribution is 6.00. The highest BCUT2D eigenvalue weighted by Crippen LogP contribution is 2.05. The van der Waals surface area contributed by atoms with Gasteiger partial charge in [-0.1, -0.05) is 0 Å². The number of amides is 1. The molecule has 0 spiro atoms. The Hall–Kier alpha value is -2.03. The van der Waals surface area contributed by atoms with Gasteiger partial charge in [0.1, 0.15) is 6.07 Å². The number of carbonyl (C=O) groups is 1. The molecule has 1 heterocycles. The Morgan fingerprint density at radius 3 is 2.92 bits per heavy atom. The van der Waals surface area contributed by atoms with E-state index in [4.69, 9.17) is 5.26 Å². The molecule has 0 aromatic rings. The van der Waals surface area contributed by atoms with Gasteiger partial charge in [-0.15, -0.1) is 0 Å². The summed E-state index contributed by atoms with van der Waals surface area (Å²) >= 11 is 0. The lowest BCUT2D eigenvalue weighted by Gasteiger charge is -2.03. The van der Waals surface area contributed by atoms with E-state index in [0.29, 0.717) is 0 Å². The molecule has 0 fully saturated rings. The van der Waals surface area contributed by atoms with Crippen molar-refractivity contribution in [2.75, 3.05) is 0 Å². The monoisotopic (exact) mass is 165 g/mol. The number of nitriles is 1. The third-order valence-electron chi connectivity index (χ3n) is 1.28. The Kier molecular flexibility index (Phi) is 1.96. The zero-order chi connectivity index (χ0) is 9.14. The van der Waals surface area contributed by atoms with Crippen molar-refractivity contribution < 1.29 is 9.72 Å². The lowest BCUT2D eigenvalue weighted by atomic mass is 10.1. The first-order valence-electron chi connectivity index (χ1n) is 2.98. The molecule has 1 aliphatic heterocycles. The maximum absolute atomic E-state index is 10.7. The van der Waals surface area contributed by atoms with E-state index in [-0.39, 0.29) is 5.57 Å². The Morgan fingerprint density at radius 2 is 2.42 bits per heavy atom. The van der Waals surface area contributed by atoms with Gasteiger partial charge in [0.05, 0.1) is 5.57 Å². The lowest BCUT2D eigenvalue weighted by molar-refractivity contribution is -0.495. The van der Waals surface area contributed by atoms with Crippen LogP contribution in [-0.2, 0) is 4.79 Å². The van der Waals surface area contributed by atoms with Gasteiger partial charge in [-0.25, -0.2) is 4.99 Å². The number of nitro groups is 1. The molecular formula is C6H3N3O3. The van der Waals surface area contributed by atoms with E-state index in [1.165, 1.54) is 0 Å². The smallest absolute Gasteiger partial charge is 0.264 e. The van der Waals surface area contributed by atoms with Crippen LogP contribution in [-0.4, -0.2) is 23.1 Å². The third-order valence-corrected chi connectivity index (χ3v) is 1.28. The van der Waals surface area contributed by atoms with Crippen LogP contribution < -0.4 is 0 Å². The second-order valence-corrected chi connectivity index (χ2v) is 2.06. The van der Waals surface area contributed by atoms with Crippen LogP contribution in [0.25, 0.3) is 0 Å². The minimum Gasteiger partial charge on any atom is -0.264 e. The average Bonchev–Trinajstić information content (AvgIpc) is 2.05. The Labute approximate surface area is 67.0 Å². The summed E-state index contributed by atoms with van der Waals surface area (Å²) in [6.45, 7) is 0. The van der Waals surface area contributed by atoms with E-state index >= 15 is 0 Å². The van der Waals surface area contributed by atoms with Crippen LogP contribution in [0.1, 0.15) is 0 Å². The molecule has 1 rings (SSSR count). The number of hydrogen-bond acceptors (Lipinski definition) is 4. The fourth-order valence-corrected chi connectivity index (χ4v) is 0.711. The molecule has 0 saturated carbocycles. The average molecular weight is 165 g/mol. The Bertz CT molecular complexity index is 336. The number of carbonyl (C=O) groups excluding carboxylic acids is 1. The molecular weight excluding hydrogens is 162 g/mol. The standard InChI is InChI=1S/C6H3N3O3/c7-2-4-1-5(9(11)12)6(10)8-3-4/h1,3,5H. The van der Waals surface area contributed by atoms with Crippen molar-refractivity contribution in [3.05, 3.63) is 21.8 Å². The van der Waals surface area contributed by atoms with Gasteiger partial charge < -0.3 is 0 Å². The van der Waals surface area contributed by atoms with E-state index in [2.05, 4.69) is 4.99 Å². The first-order valence-corrected chi connectivity index (χ1v) is 2.98. The first kappa shape index (κ1) is 8.07. The van der Waals surface area contributed by atoms with Gasteiger partial charge in [0.2, 0.25) is 0 Å². The van der Waals surface area contributed by atoms with Crippen LogP contribution in [0.5, 0.6) is 0 Å². The summed E-state index contributed by atoms with van der Waals surface area (Å²) in [4.78, 5) is 23.3. The molecule has 0 aromatic heterocycles. The molecule has 6 nitrogen and oxygen atoms in total. The fraction of sp³-hybridized carbons (Fsp3) is 0.167. The number of nitrogens with zero attached hydrogens (tertiary/aromatic N) is 3. The fourth-order valence-electron chi connectivity index (χ4n) is 0.711. The van der Waals surface area contributed by atoms with E-state index in [0.717, 1.165) is 12.3 Å². The van der Waals surface area contributed by atoms with Gasteiger partial charge in [-0.3, -0.25) is 14.9 Å². The molecule has 0 aromatic carbocycles. The summed E-state index contributed by atoms with van der Waals surface area (Å²) in [6, 6.07) is 0.169. The van der Waals surface area contributed by atoms with Crippen LogP contribution in [0.15, 0.2) is 16.6 Å². The predicted octanol–water partition coefficient (Wildman–Crippen LogP) is -0.307. The Morgan fingerprint density at radius 1 is 1.75 bits per heavy atom. The van der Waals surface area contributed by atoms with Crippen molar-refractivity contribution >= 4 is 12.1 Å². The van der Waals surface area contributed by atoms with Crippen LogP contribution in [0.2, 0.25) is 0 Å². The van der Waals surface area contributed by atoms with Crippen LogP contribution in [0, 0.1) is 21.4 Å². The van der Waals surface area contributed by atoms with Crippen molar-refractivity contribution in [1.29, 1.82) is 5.26 Å². The lowest BCUT2D eigenvalue weighted by Crippen LogP contribution is -2.28. The second-order valence-electron chi connectivity index (χ2n) is 2.06. The van der Waals surface area contributed by atoms with Crippen molar-refractivity contribution in [2.24, 2.45) is 4.99 Å². The van der Waals surface area contributed by atoms with Crippen LogP contribution >= 0.6 is 0 Å². The van der Waals surface area contributed by atoms with E-state index in [1.54, 1.807) is 6.07 Å². The van der Waals surface area contributed by atoms with Gasteiger partial charge in [-0.2, -0.15) is 5.26 Å². The molecule has 12 heavy (non-hydrogen) atoms. The summed E-state index contributed by atoms with van der Waals surface area (Å²) < 4.78 is 0. The van der Waals surface area contributed by atoms with Crippen molar-refractivity contribution in [3.63, 3.8) is 0 Å². The van der Waals surface area contributed by atoms with Gasteiger partial charge >= 0.3 is 11.9 Å². The summed E-state index contributed by atoms with van der Waals surface area (Å²) in [7, 11) is 0. The molecule has 6 heteroatoms. The van der Waals surface area contributed by atoms with Crippen molar-refractivity contribution in [2.45, 2.75) is 6.04 Å². The number of dihydropyridines is 1. The maximum atomic E-state index is 10.7. The molecule has 1 atom stereocenters. The summed E-state index contributed by atoms with van der Waals surface area (Å²) in [5, 5.41) is 18.5. The minimum atomic E-state index is -1.50. The summed E-state index contributed by atoms with van der Waals surface area (Å²) in [5.41, 5.74) is 0.0382. The minimum absolute atomic E-state index is 0.0382. The van der Waals surface area contributed by atoms with Crippen LogP contribution in [0.3, 0.4) is 0 Å². The van der Waals surface area contributed by atoms with Gasteiger partial charge in [0, 0.05) is 17.2 Å². The largest absolute Gasteiger partial charge is 0.324 e. The molecule has 0 N–H and O–H groups in total. The van der Waals surface area contributed by atoms with Crippen molar-refractivity contribution in [1.82, 2.24) is 0 Å². The van der Waals surface area contributed by atoms with Gasteiger partial charge in [0.25, 0.3) is 0 Å². The normalized spacial score (nSPS) is 21.4. The Balaban J connectivity index is 2.98. The maximum Gasteiger partial charge on any atom is 0.324 e. The highest BCUT2D eigenvalue weighted by Gasteiger charge is 2.29. The van der Waals surface area contributed by atoms with E-state index < -0.39 is 16.9 Å². The molecule has 0 bridgehead atoms. The van der Waals surface area contributed by atoms with Gasteiger partial charge in [-0.05, 0) is 0 Å². The third kappa shape index (κ3) is 1.34. The zero-order valence-corrected chi connectivity index (χ0v) is 5.80. The molecule has 0 aliphatic carbocycles. The molecule has 60 valence electrons. The molecule has 1 unspecified atom stereocenters. The molecule has 0 radical (unpaired) electrons.